The van der Waals surface area contributed by atoms with Gasteiger partial charge >= 0.3 is 6.18 Å². The van der Waals surface area contributed by atoms with Gasteiger partial charge in [0, 0.05) is 0 Å². The van der Waals surface area contributed by atoms with Gasteiger partial charge in [0.2, 0.25) is 0 Å². The van der Waals surface area contributed by atoms with E-state index < -0.39 is 12.2 Å². The van der Waals surface area contributed by atoms with Crippen LogP contribution in [-0.2, 0) is 0 Å². The van der Waals surface area contributed by atoms with Crippen molar-refractivity contribution in [2.75, 3.05) is 0 Å². The summed E-state index contributed by atoms with van der Waals surface area (Å²) in [5.74, 6) is 0. The molecule has 0 radical (unpaired) electrons. The third kappa shape index (κ3) is 4.31. The number of unbranched alkanes of at least 4 members (excludes halogenated alkanes) is 2. The fourth-order valence-corrected chi connectivity index (χ4v) is 0.864. The Morgan fingerprint density at radius 2 is 1.92 bits per heavy atom. The van der Waals surface area contributed by atoms with Gasteiger partial charge in [-0.25, -0.2) is 0 Å². The Labute approximate surface area is 69.1 Å². The number of hydrogen-bond acceptors (Lipinski definition) is 2. The lowest BCUT2D eigenvalue weighted by Crippen LogP contribution is -2.26. The smallest absolute Gasteiger partial charge is 0.168 e. The Hall–Kier alpha value is -0.610. The zero-order chi connectivity index (χ0) is 9.61. The first-order valence-electron chi connectivity index (χ1n) is 3.91. The zero-order valence-electron chi connectivity index (χ0n) is 6.90. The molecule has 72 valence electrons. The standard InChI is InChI=1S/C7H12F3NO/c1-2-3-4-5-6(11-12)7(8,9)10/h6H,2-5H2,1H3. The summed E-state index contributed by atoms with van der Waals surface area (Å²) in [6, 6.07) is -2.01. The highest BCUT2D eigenvalue weighted by molar-refractivity contribution is 4.73. The molecule has 0 aliphatic carbocycles. The first-order chi connectivity index (χ1) is 5.52. The Morgan fingerprint density at radius 3 is 2.25 bits per heavy atom. The molecule has 0 saturated carbocycles. The van der Waals surface area contributed by atoms with Crippen LogP contribution in [0, 0.1) is 4.91 Å². The Bertz CT molecular complexity index is 135. The highest BCUT2D eigenvalue weighted by Gasteiger charge is 2.40. The molecule has 0 spiro atoms. The van der Waals surface area contributed by atoms with Crippen molar-refractivity contribution in [2.45, 2.75) is 44.8 Å². The molecule has 12 heavy (non-hydrogen) atoms. The lowest BCUT2D eigenvalue weighted by atomic mass is 10.1. The largest absolute Gasteiger partial charge is 0.414 e. The van der Waals surface area contributed by atoms with Gasteiger partial charge in [0.15, 0.2) is 6.04 Å². The summed E-state index contributed by atoms with van der Waals surface area (Å²) in [5, 5.41) is 2.06. The predicted molar refractivity (Wildman–Crippen MR) is 39.8 cm³/mol. The normalized spacial score (nSPS) is 14.3. The molecule has 1 unspecified atom stereocenters. The highest BCUT2D eigenvalue weighted by atomic mass is 19.4. The molecule has 0 heterocycles. The van der Waals surface area contributed by atoms with E-state index in [2.05, 4.69) is 5.18 Å². The van der Waals surface area contributed by atoms with E-state index in [1.165, 1.54) is 0 Å². The van der Waals surface area contributed by atoms with Crippen molar-refractivity contribution in [1.29, 1.82) is 0 Å². The summed E-state index contributed by atoms with van der Waals surface area (Å²) >= 11 is 0. The second-order valence-electron chi connectivity index (χ2n) is 2.66. The van der Waals surface area contributed by atoms with Crippen molar-refractivity contribution >= 4 is 0 Å². The first-order valence-corrected chi connectivity index (χ1v) is 3.91. The van der Waals surface area contributed by atoms with Crippen LogP contribution in [0.4, 0.5) is 13.2 Å². The third-order valence-electron chi connectivity index (χ3n) is 1.59. The van der Waals surface area contributed by atoms with Gasteiger partial charge in [-0.2, -0.15) is 18.1 Å². The Balaban J connectivity index is 3.76. The maximum atomic E-state index is 11.9. The lowest BCUT2D eigenvalue weighted by Gasteiger charge is -2.11. The molecular formula is C7H12F3NO. The van der Waals surface area contributed by atoms with Gasteiger partial charge in [0.05, 0.1) is 0 Å². The molecule has 0 aromatic heterocycles. The second-order valence-corrected chi connectivity index (χ2v) is 2.66. The molecule has 1 atom stereocenters. The van der Waals surface area contributed by atoms with Crippen LogP contribution in [0.1, 0.15) is 32.6 Å². The second kappa shape index (κ2) is 5.11. The average Bonchev–Trinajstić information content (AvgIpc) is 1.95. The van der Waals surface area contributed by atoms with E-state index in [4.69, 9.17) is 0 Å². The van der Waals surface area contributed by atoms with Gasteiger partial charge in [0.25, 0.3) is 0 Å². The van der Waals surface area contributed by atoms with Gasteiger partial charge in [-0.3, -0.25) is 0 Å². The summed E-state index contributed by atoms with van der Waals surface area (Å²) in [6.45, 7) is 1.89. The number of halogens is 3. The summed E-state index contributed by atoms with van der Waals surface area (Å²) < 4.78 is 35.6. The molecular weight excluding hydrogens is 171 g/mol. The highest BCUT2D eigenvalue weighted by Crippen LogP contribution is 2.26. The van der Waals surface area contributed by atoms with Gasteiger partial charge < -0.3 is 0 Å². The molecule has 0 rings (SSSR count). The molecule has 2 nitrogen and oxygen atoms in total. The fraction of sp³-hybridized carbons (Fsp3) is 1.00. The summed E-state index contributed by atoms with van der Waals surface area (Å²) in [6.07, 6.45) is -2.69. The maximum absolute atomic E-state index is 11.9. The predicted octanol–water partition coefficient (Wildman–Crippen LogP) is 3.26. The van der Waals surface area contributed by atoms with Gasteiger partial charge in [-0.05, 0) is 6.42 Å². The van der Waals surface area contributed by atoms with Crippen LogP contribution in [-0.4, -0.2) is 12.2 Å². The van der Waals surface area contributed by atoms with Gasteiger partial charge in [-0.15, -0.1) is 0 Å². The number of nitroso groups, excluding NO2 is 1. The molecule has 0 aromatic rings. The molecule has 0 fully saturated rings. The van der Waals surface area contributed by atoms with Crippen molar-refractivity contribution in [1.82, 2.24) is 0 Å². The van der Waals surface area contributed by atoms with Gasteiger partial charge in [-0.1, -0.05) is 31.4 Å². The van der Waals surface area contributed by atoms with E-state index in [1.54, 1.807) is 0 Å². The molecule has 0 bridgehead atoms. The van der Waals surface area contributed by atoms with Crippen molar-refractivity contribution in [2.24, 2.45) is 5.18 Å². The lowest BCUT2D eigenvalue weighted by molar-refractivity contribution is -0.148. The molecule has 0 aliphatic heterocycles. The van der Waals surface area contributed by atoms with Crippen LogP contribution < -0.4 is 0 Å². The Kier molecular flexibility index (Phi) is 4.85. The van der Waals surface area contributed by atoms with E-state index in [1.807, 2.05) is 6.92 Å². The number of rotatable bonds is 5. The van der Waals surface area contributed by atoms with Crippen LogP contribution in [0.15, 0.2) is 5.18 Å². The van der Waals surface area contributed by atoms with E-state index in [0.29, 0.717) is 12.8 Å². The van der Waals surface area contributed by atoms with Crippen LogP contribution in [0.3, 0.4) is 0 Å². The molecule has 5 heteroatoms. The van der Waals surface area contributed by atoms with Crippen LogP contribution in [0.5, 0.6) is 0 Å². The van der Waals surface area contributed by atoms with E-state index >= 15 is 0 Å². The fourth-order valence-electron chi connectivity index (χ4n) is 0.864. The average molecular weight is 183 g/mol. The van der Waals surface area contributed by atoms with Crippen LogP contribution >= 0.6 is 0 Å². The van der Waals surface area contributed by atoms with Gasteiger partial charge in [0.1, 0.15) is 0 Å². The van der Waals surface area contributed by atoms with Crippen LogP contribution in [0.25, 0.3) is 0 Å². The van der Waals surface area contributed by atoms with Crippen molar-refractivity contribution in [3.63, 3.8) is 0 Å². The number of nitrogens with zero attached hydrogens (tertiary/aromatic N) is 1. The molecule has 0 saturated heterocycles. The van der Waals surface area contributed by atoms with Crippen LogP contribution in [0.2, 0.25) is 0 Å². The minimum absolute atomic E-state index is 0.180. The van der Waals surface area contributed by atoms with E-state index in [0.717, 1.165) is 6.42 Å². The minimum atomic E-state index is -4.46. The number of hydrogen-bond donors (Lipinski definition) is 0. The Morgan fingerprint density at radius 1 is 1.33 bits per heavy atom. The summed E-state index contributed by atoms with van der Waals surface area (Å²) in [4.78, 5) is 9.78. The molecule has 0 aromatic carbocycles. The zero-order valence-corrected chi connectivity index (χ0v) is 6.90. The molecule has 0 N–H and O–H groups in total. The van der Waals surface area contributed by atoms with E-state index in [9.17, 15) is 18.1 Å². The third-order valence-corrected chi connectivity index (χ3v) is 1.59. The topological polar surface area (TPSA) is 29.4 Å². The van der Waals surface area contributed by atoms with E-state index in [-0.39, 0.29) is 6.42 Å². The maximum Gasteiger partial charge on any atom is 0.414 e. The first kappa shape index (κ1) is 11.4. The molecule has 0 amide bonds. The van der Waals surface area contributed by atoms with Crippen molar-refractivity contribution in [3.05, 3.63) is 4.91 Å². The number of alkyl halides is 3. The quantitative estimate of drug-likeness (QED) is 0.475. The molecule has 0 aliphatic rings. The minimum Gasteiger partial charge on any atom is -0.168 e. The van der Waals surface area contributed by atoms with Crippen molar-refractivity contribution in [3.8, 4) is 0 Å². The summed E-state index contributed by atoms with van der Waals surface area (Å²) in [5.41, 5.74) is 0. The SMILES string of the molecule is CCCCCC(N=O)C(F)(F)F. The monoisotopic (exact) mass is 183 g/mol. The van der Waals surface area contributed by atoms with Crippen molar-refractivity contribution < 1.29 is 13.2 Å². The summed E-state index contributed by atoms with van der Waals surface area (Å²) in [7, 11) is 0.